The minimum Gasteiger partial charge on any atom is -0.273 e. The molecule has 5 heteroatoms. The van der Waals surface area contributed by atoms with E-state index >= 15 is 0 Å². The third-order valence-electron chi connectivity index (χ3n) is 2.61. The second-order valence-corrected chi connectivity index (χ2v) is 5.35. The molecule has 0 spiro atoms. The lowest BCUT2D eigenvalue weighted by Gasteiger charge is -2.16. The van der Waals surface area contributed by atoms with Crippen LogP contribution in [0.5, 0.6) is 0 Å². The number of benzene rings is 1. The molecular weight excluding hydrogens is 258 g/mol. The number of hydrogen-bond donors (Lipinski definition) is 0. The van der Waals surface area contributed by atoms with Crippen molar-refractivity contribution >= 4 is 35.2 Å². The molecule has 0 aromatic heterocycles. The summed E-state index contributed by atoms with van der Waals surface area (Å²) >= 11 is 7.67. The quantitative estimate of drug-likeness (QED) is 0.622. The van der Waals surface area contributed by atoms with Gasteiger partial charge < -0.3 is 0 Å². The summed E-state index contributed by atoms with van der Waals surface area (Å²) in [6, 6.07) is 6.86. The first kappa shape index (κ1) is 12.5. The van der Waals surface area contributed by atoms with Crippen LogP contribution in [0.15, 0.2) is 24.3 Å². The molecule has 90 valence electrons. The highest BCUT2D eigenvalue weighted by Gasteiger charge is 2.35. The zero-order chi connectivity index (χ0) is 12.4. The number of hydrogen-bond acceptors (Lipinski definition) is 3. The topological polar surface area (TPSA) is 37.4 Å². The lowest BCUT2D eigenvalue weighted by atomic mass is 10.1. The molecule has 17 heavy (non-hydrogen) atoms. The van der Waals surface area contributed by atoms with Crippen molar-refractivity contribution in [3.8, 4) is 0 Å². The summed E-state index contributed by atoms with van der Waals surface area (Å²) < 4.78 is 0. The van der Waals surface area contributed by atoms with E-state index in [2.05, 4.69) is 0 Å². The van der Waals surface area contributed by atoms with Crippen LogP contribution < -0.4 is 0 Å². The van der Waals surface area contributed by atoms with Gasteiger partial charge in [0.05, 0.1) is 16.5 Å². The predicted octanol–water partition coefficient (Wildman–Crippen LogP) is 2.25. The summed E-state index contributed by atoms with van der Waals surface area (Å²) in [4.78, 5) is 25.2. The number of thioether (sulfide) groups is 1. The van der Waals surface area contributed by atoms with Crippen molar-refractivity contribution in [2.75, 3.05) is 18.6 Å². The van der Waals surface area contributed by atoms with E-state index in [9.17, 15) is 9.59 Å². The highest BCUT2D eigenvalue weighted by atomic mass is 35.5. The van der Waals surface area contributed by atoms with Gasteiger partial charge in [-0.25, -0.2) is 0 Å². The zero-order valence-electron chi connectivity index (χ0n) is 9.35. The van der Waals surface area contributed by atoms with Crippen LogP contribution in [0, 0.1) is 0 Å². The Hall–Kier alpha value is -1.00. The van der Waals surface area contributed by atoms with Crippen molar-refractivity contribution in [2.24, 2.45) is 0 Å². The number of rotatable bonds is 4. The minimum atomic E-state index is -0.239. The molecule has 0 N–H and O–H groups in total. The summed E-state index contributed by atoms with van der Waals surface area (Å²) in [5.41, 5.74) is 0.955. The number of carbonyl (C=O) groups is 2. The molecule has 1 unspecified atom stereocenters. The Morgan fingerprint density at radius 3 is 2.24 bits per heavy atom. The Labute approximate surface area is 109 Å². The Bertz CT molecular complexity index is 429. The number of halogens is 1. The van der Waals surface area contributed by atoms with E-state index in [0.717, 1.165) is 5.75 Å². The normalized spacial score (nSPS) is 16.2. The van der Waals surface area contributed by atoms with Gasteiger partial charge in [-0.3, -0.25) is 14.5 Å². The fourth-order valence-corrected chi connectivity index (χ4v) is 2.82. The largest absolute Gasteiger partial charge is 0.273 e. The highest BCUT2D eigenvalue weighted by molar-refractivity contribution is 7.98. The second kappa shape index (κ2) is 5.10. The molecule has 1 heterocycles. The molecule has 1 aliphatic heterocycles. The summed E-state index contributed by atoms with van der Waals surface area (Å²) in [6.45, 7) is 0.273. The Kier molecular flexibility index (Phi) is 3.74. The molecule has 0 fully saturated rings. The summed E-state index contributed by atoms with van der Waals surface area (Å²) in [5, 5.41) is -0.202. The van der Waals surface area contributed by atoms with E-state index in [0.29, 0.717) is 11.1 Å². The second-order valence-electron chi connectivity index (χ2n) is 3.82. The van der Waals surface area contributed by atoms with E-state index < -0.39 is 0 Å². The molecule has 2 rings (SSSR count). The average molecular weight is 270 g/mol. The van der Waals surface area contributed by atoms with Crippen LogP contribution in [0.25, 0.3) is 0 Å². The van der Waals surface area contributed by atoms with Gasteiger partial charge in [-0.2, -0.15) is 11.8 Å². The van der Waals surface area contributed by atoms with Crippen LogP contribution in [0.1, 0.15) is 20.7 Å². The molecule has 1 aromatic rings. The first-order valence-corrected chi connectivity index (χ1v) is 7.06. The van der Waals surface area contributed by atoms with E-state index in [1.54, 1.807) is 36.0 Å². The SMILES string of the molecule is CSCC(Cl)CN1C(=O)c2ccccc2C1=O. The first-order chi connectivity index (χ1) is 8.15. The first-order valence-electron chi connectivity index (χ1n) is 5.23. The van der Waals surface area contributed by atoms with E-state index in [1.165, 1.54) is 4.90 Å². The van der Waals surface area contributed by atoms with E-state index in [1.807, 2.05) is 6.26 Å². The monoisotopic (exact) mass is 269 g/mol. The minimum absolute atomic E-state index is 0.202. The van der Waals surface area contributed by atoms with Crippen molar-refractivity contribution in [1.82, 2.24) is 4.90 Å². The van der Waals surface area contributed by atoms with Gasteiger partial charge in [-0.1, -0.05) is 12.1 Å². The van der Waals surface area contributed by atoms with Crippen LogP contribution in [-0.2, 0) is 0 Å². The number of imide groups is 1. The van der Waals surface area contributed by atoms with Gasteiger partial charge in [-0.05, 0) is 18.4 Å². The molecule has 1 aromatic carbocycles. The third-order valence-corrected chi connectivity index (χ3v) is 3.82. The fraction of sp³-hybridized carbons (Fsp3) is 0.333. The van der Waals surface area contributed by atoms with Crippen LogP contribution in [0.2, 0.25) is 0 Å². The third kappa shape index (κ3) is 2.33. The number of nitrogens with zero attached hydrogens (tertiary/aromatic N) is 1. The van der Waals surface area contributed by atoms with Crippen molar-refractivity contribution in [3.05, 3.63) is 35.4 Å². The van der Waals surface area contributed by atoms with Gasteiger partial charge in [-0.15, -0.1) is 11.6 Å². The van der Waals surface area contributed by atoms with Gasteiger partial charge >= 0.3 is 0 Å². The molecule has 0 saturated heterocycles. The van der Waals surface area contributed by atoms with Crippen LogP contribution >= 0.6 is 23.4 Å². The van der Waals surface area contributed by atoms with Gasteiger partial charge in [0.1, 0.15) is 0 Å². The molecule has 1 atom stereocenters. The van der Waals surface area contributed by atoms with E-state index in [-0.39, 0.29) is 23.7 Å². The number of fused-ring (bicyclic) bond motifs is 1. The number of amides is 2. The predicted molar refractivity (Wildman–Crippen MR) is 69.8 cm³/mol. The van der Waals surface area contributed by atoms with Gasteiger partial charge in [0, 0.05) is 12.3 Å². The Balaban J connectivity index is 2.19. The van der Waals surface area contributed by atoms with Crippen LogP contribution in [0.3, 0.4) is 0 Å². The summed E-state index contributed by atoms with van der Waals surface area (Å²) in [6.07, 6.45) is 1.94. The number of alkyl halides is 1. The van der Waals surface area contributed by atoms with Crippen molar-refractivity contribution in [3.63, 3.8) is 0 Å². The lowest BCUT2D eigenvalue weighted by molar-refractivity contribution is 0.0656. The fourth-order valence-electron chi connectivity index (χ4n) is 1.84. The molecule has 0 aliphatic carbocycles. The Morgan fingerprint density at radius 1 is 1.24 bits per heavy atom. The lowest BCUT2D eigenvalue weighted by Crippen LogP contribution is -2.35. The standard InChI is InChI=1S/C12H12ClNO2S/c1-17-7-8(13)6-14-11(15)9-4-2-3-5-10(9)12(14)16/h2-5,8H,6-7H2,1H3. The highest BCUT2D eigenvalue weighted by Crippen LogP contribution is 2.23. The van der Waals surface area contributed by atoms with Crippen LogP contribution in [-0.4, -0.2) is 40.6 Å². The summed E-state index contributed by atoms with van der Waals surface area (Å²) in [5.74, 6) is 0.240. The smallest absolute Gasteiger partial charge is 0.261 e. The molecule has 3 nitrogen and oxygen atoms in total. The Morgan fingerprint density at radius 2 is 1.76 bits per heavy atom. The van der Waals surface area contributed by atoms with Crippen molar-refractivity contribution in [2.45, 2.75) is 5.38 Å². The van der Waals surface area contributed by atoms with Gasteiger partial charge in [0.15, 0.2) is 0 Å². The molecular formula is C12H12ClNO2S. The van der Waals surface area contributed by atoms with E-state index in [4.69, 9.17) is 11.6 Å². The maximum absolute atomic E-state index is 12.0. The number of carbonyl (C=O) groups excluding carboxylic acids is 2. The molecule has 1 aliphatic rings. The van der Waals surface area contributed by atoms with Gasteiger partial charge in [0.2, 0.25) is 0 Å². The van der Waals surface area contributed by atoms with Crippen molar-refractivity contribution in [1.29, 1.82) is 0 Å². The van der Waals surface area contributed by atoms with Crippen LogP contribution in [0.4, 0.5) is 0 Å². The molecule has 0 radical (unpaired) electrons. The molecule has 0 bridgehead atoms. The maximum Gasteiger partial charge on any atom is 0.261 e. The molecule has 0 saturated carbocycles. The maximum atomic E-state index is 12.0. The zero-order valence-corrected chi connectivity index (χ0v) is 10.9. The molecule has 2 amide bonds. The average Bonchev–Trinajstić information content (AvgIpc) is 2.56. The van der Waals surface area contributed by atoms with Gasteiger partial charge in [0.25, 0.3) is 11.8 Å². The summed E-state index contributed by atoms with van der Waals surface area (Å²) in [7, 11) is 0. The van der Waals surface area contributed by atoms with Crippen molar-refractivity contribution < 1.29 is 9.59 Å².